The van der Waals surface area contributed by atoms with Gasteiger partial charge in [0.1, 0.15) is 11.9 Å². The Hall–Kier alpha value is -2.37. The third-order valence-electron chi connectivity index (χ3n) is 8.96. The van der Waals surface area contributed by atoms with Crippen LogP contribution in [0.3, 0.4) is 0 Å². The fourth-order valence-electron chi connectivity index (χ4n) is 7.19. The summed E-state index contributed by atoms with van der Waals surface area (Å²) in [7, 11) is 2.20. The molecule has 2 bridgehead atoms. The molecule has 2 aromatic rings. The van der Waals surface area contributed by atoms with Gasteiger partial charge in [0, 0.05) is 24.4 Å². The molecule has 0 heterocycles. The summed E-state index contributed by atoms with van der Waals surface area (Å²) >= 11 is 0. The number of rotatable bonds is 10. The summed E-state index contributed by atoms with van der Waals surface area (Å²) in [6.07, 6.45) is 9.06. The first-order valence-electron chi connectivity index (χ1n) is 13.9. The van der Waals surface area contributed by atoms with Crippen molar-refractivity contribution in [1.29, 1.82) is 0 Å². The van der Waals surface area contributed by atoms with Crippen molar-refractivity contribution in [3.63, 3.8) is 0 Å². The van der Waals surface area contributed by atoms with Gasteiger partial charge in [-0.25, -0.2) is 4.79 Å². The average Bonchev–Trinajstić information content (AvgIpc) is 3.50. The Bertz CT molecular complexity index is 977. The molecule has 36 heavy (non-hydrogen) atoms. The number of para-hydroxylation sites is 1. The average molecular weight is 492 g/mol. The third-order valence-corrected chi connectivity index (χ3v) is 8.96. The van der Waals surface area contributed by atoms with Crippen molar-refractivity contribution in [2.45, 2.75) is 75.5 Å². The smallest absolute Gasteiger partial charge is 0.343 e. The minimum atomic E-state index is -1.56. The van der Waals surface area contributed by atoms with Crippen LogP contribution in [-0.2, 0) is 15.1 Å². The number of nitrogens with zero attached hydrogens (tertiary/aromatic N) is 1. The van der Waals surface area contributed by atoms with Gasteiger partial charge < -0.3 is 19.5 Å². The number of esters is 1. The van der Waals surface area contributed by atoms with Crippen molar-refractivity contribution in [2.75, 3.05) is 20.2 Å². The van der Waals surface area contributed by atoms with Crippen LogP contribution in [0, 0.1) is 17.8 Å². The van der Waals surface area contributed by atoms with Gasteiger partial charge in [-0.05, 0) is 69.2 Å². The van der Waals surface area contributed by atoms with Gasteiger partial charge in [0.05, 0.1) is 6.61 Å². The van der Waals surface area contributed by atoms with Crippen molar-refractivity contribution >= 4 is 5.97 Å². The van der Waals surface area contributed by atoms with Crippen LogP contribution in [-0.4, -0.2) is 48.3 Å². The number of carbonyl (C=O) groups is 1. The van der Waals surface area contributed by atoms with Gasteiger partial charge in [-0.2, -0.15) is 0 Å². The van der Waals surface area contributed by atoms with Gasteiger partial charge in [-0.15, -0.1) is 0 Å². The van der Waals surface area contributed by atoms with E-state index in [-0.39, 0.29) is 12.0 Å². The van der Waals surface area contributed by atoms with Gasteiger partial charge in [-0.1, -0.05) is 67.8 Å². The molecule has 0 saturated heterocycles. The summed E-state index contributed by atoms with van der Waals surface area (Å²) in [5.74, 6) is 1.29. The highest BCUT2D eigenvalue weighted by Crippen LogP contribution is 2.49. The summed E-state index contributed by atoms with van der Waals surface area (Å²) < 4.78 is 12.1. The molecule has 0 aliphatic heterocycles. The molecule has 5 heteroatoms. The van der Waals surface area contributed by atoms with E-state index in [4.69, 9.17) is 9.47 Å². The number of fused-ring (bicyclic) bond motifs is 2. The third kappa shape index (κ3) is 5.19. The lowest BCUT2D eigenvalue weighted by molar-refractivity contribution is -0.184. The summed E-state index contributed by atoms with van der Waals surface area (Å²) in [5.41, 5.74) is -0.878. The maximum absolute atomic E-state index is 13.7. The van der Waals surface area contributed by atoms with Gasteiger partial charge in [0.15, 0.2) is 5.60 Å². The first-order valence-corrected chi connectivity index (χ1v) is 13.9. The largest absolute Gasteiger partial charge is 0.494 e. The molecule has 194 valence electrons. The number of benzene rings is 2. The van der Waals surface area contributed by atoms with Crippen LogP contribution < -0.4 is 4.74 Å². The molecule has 3 fully saturated rings. The fraction of sp³-hybridized carbons (Fsp3) is 0.581. The number of aliphatic hydroxyl groups is 1. The van der Waals surface area contributed by atoms with Crippen LogP contribution >= 0.6 is 0 Å². The molecule has 0 amide bonds. The lowest BCUT2D eigenvalue weighted by atomic mass is 9.73. The van der Waals surface area contributed by atoms with E-state index in [1.54, 1.807) is 0 Å². The van der Waals surface area contributed by atoms with Crippen LogP contribution in [0.25, 0.3) is 0 Å². The Morgan fingerprint density at radius 3 is 2.39 bits per heavy atom. The standard InChI is InChI=1S/C31H41NO4/c1-32(20-11-21-35-26-16-9-4-10-17-26)29-23-18-19-27(29)28(22-23)36-30(33)31(34,24-12-5-2-6-13-24)25-14-7-3-8-15-25/h2,4-6,9-10,12-13,16-17,23,25,27-29,34H,3,7-8,11,14-15,18-22H2,1H3/t23?,27-,28?,29?,31+/m1/s1. The second-order valence-electron chi connectivity index (χ2n) is 11.1. The van der Waals surface area contributed by atoms with E-state index in [0.717, 1.165) is 57.2 Å². The SMILES string of the molecule is CN(CCCOc1ccccc1)C1C2CC[C@@H]1C(OC(=O)[C@](O)(c1ccccc1)C1CCCCC1)C2. The zero-order chi connectivity index (χ0) is 25.0. The van der Waals surface area contributed by atoms with E-state index in [1.165, 1.54) is 12.8 Å². The monoisotopic (exact) mass is 491 g/mol. The molecule has 0 aromatic heterocycles. The van der Waals surface area contributed by atoms with Crippen molar-refractivity contribution in [2.24, 2.45) is 17.8 Å². The second-order valence-corrected chi connectivity index (χ2v) is 11.1. The number of hydrogen-bond acceptors (Lipinski definition) is 5. The summed E-state index contributed by atoms with van der Waals surface area (Å²) in [6.45, 7) is 1.65. The van der Waals surface area contributed by atoms with Crippen molar-refractivity contribution < 1.29 is 19.4 Å². The lowest BCUT2D eigenvalue weighted by Crippen LogP contribution is -2.47. The molecule has 3 unspecified atom stereocenters. The minimum Gasteiger partial charge on any atom is -0.494 e. The Labute approximate surface area is 215 Å². The molecule has 0 radical (unpaired) electrons. The van der Waals surface area contributed by atoms with Gasteiger partial charge in [-0.3, -0.25) is 0 Å². The Balaban J connectivity index is 1.20. The molecule has 3 aliphatic rings. The first kappa shape index (κ1) is 25.3. The second kappa shape index (κ2) is 11.4. The molecule has 5 atom stereocenters. The maximum atomic E-state index is 13.7. The lowest BCUT2D eigenvalue weighted by Gasteiger charge is -2.38. The molecular weight excluding hydrogens is 450 g/mol. The highest BCUT2D eigenvalue weighted by Gasteiger charge is 2.54. The topological polar surface area (TPSA) is 59.0 Å². The molecule has 5 nitrogen and oxygen atoms in total. The number of ether oxygens (including phenoxy) is 2. The predicted molar refractivity (Wildman–Crippen MR) is 141 cm³/mol. The molecule has 0 spiro atoms. The molecular formula is C31H41NO4. The van der Waals surface area contributed by atoms with E-state index >= 15 is 0 Å². The summed E-state index contributed by atoms with van der Waals surface area (Å²) in [6, 6.07) is 19.9. The highest BCUT2D eigenvalue weighted by atomic mass is 16.6. The van der Waals surface area contributed by atoms with Crippen LogP contribution in [0.4, 0.5) is 0 Å². The minimum absolute atomic E-state index is 0.0807. The van der Waals surface area contributed by atoms with Crippen LogP contribution in [0.1, 0.15) is 63.4 Å². The highest BCUT2D eigenvalue weighted by molar-refractivity contribution is 5.81. The quantitative estimate of drug-likeness (QED) is 0.348. The maximum Gasteiger partial charge on any atom is 0.343 e. The van der Waals surface area contributed by atoms with Gasteiger partial charge in [0.25, 0.3) is 0 Å². The van der Waals surface area contributed by atoms with E-state index in [2.05, 4.69) is 11.9 Å². The van der Waals surface area contributed by atoms with Crippen LogP contribution in [0.15, 0.2) is 60.7 Å². The van der Waals surface area contributed by atoms with Crippen LogP contribution in [0.5, 0.6) is 5.75 Å². The predicted octanol–water partition coefficient (Wildman–Crippen LogP) is 5.57. The Morgan fingerprint density at radius 1 is 0.972 bits per heavy atom. The number of carbonyl (C=O) groups excluding carboxylic acids is 1. The molecule has 3 saturated carbocycles. The molecule has 5 rings (SSSR count). The molecule has 1 N–H and O–H groups in total. The zero-order valence-corrected chi connectivity index (χ0v) is 21.6. The van der Waals surface area contributed by atoms with Gasteiger partial charge in [0.2, 0.25) is 0 Å². The van der Waals surface area contributed by atoms with E-state index in [9.17, 15) is 9.90 Å². The molecule has 3 aliphatic carbocycles. The van der Waals surface area contributed by atoms with Gasteiger partial charge >= 0.3 is 5.97 Å². The summed E-state index contributed by atoms with van der Waals surface area (Å²) in [4.78, 5) is 16.2. The van der Waals surface area contributed by atoms with Crippen molar-refractivity contribution in [1.82, 2.24) is 4.90 Å². The zero-order valence-electron chi connectivity index (χ0n) is 21.6. The fourth-order valence-corrected chi connectivity index (χ4v) is 7.19. The Kier molecular flexibility index (Phi) is 7.97. The summed E-state index contributed by atoms with van der Waals surface area (Å²) in [5, 5.41) is 11.9. The van der Waals surface area contributed by atoms with E-state index < -0.39 is 11.6 Å². The van der Waals surface area contributed by atoms with Crippen molar-refractivity contribution in [3.05, 3.63) is 66.2 Å². The van der Waals surface area contributed by atoms with Crippen LogP contribution in [0.2, 0.25) is 0 Å². The first-order chi connectivity index (χ1) is 17.6. The number of hydrogen-bond donors (Lipinski definition) is 1. The normalized spacial score (nSPS) is 27.6. The van der Waals surface area contributed by atoms with Crippen molar-refractivity contribution in [3.8, 4) is 5.75 Å². The molecule has 2 aromatic carbocycles. The Morgan fingerprint density at radius 2 is 1.67 bits per heavy atom. The van der Waals surface area contributed by atoms with E-state index in [0.29, 0.717) is 30.0 Å². The van der Waals surface area contributed by atoms with E-state index in [1.807, 2.05) is 60.7 Å².